The number of hydrogen-bond acceptors (Lipinski definition) is 6. The third-order valence-corrected chi connectivity index (χ3v) is 4.62. The molecule has 29 heavy (non-hydrogen) atoms. The van der Waals surface area contributed by atoms with E-state index in [1.165, 1.54) is 6.07 Å². The Kier molecular flexibility index (Phi) is 8.32. The first kappa shape index (κ1) is 22.1. The first-order chi connectivity index (χ1) is 13.9. The van der Waals surface area contributed by atoms with Crippen LogP contribution < -0.4 is 16.0 Å². The maximum absolute atomic E-state index is 12.6. The lowest BCUT2D eigenvalue weighted by atomic mass is 10.0. The highest BCUT2D eigenvalue weighted by atomic mass is 16.4. The summed E-state index contributed by atoms with van der Waals surface area (Å²) in [7, 11) is 0. The number of carbonyl (C=O) groups excluding carboxylic acids is 4. The van der Waals surface area contributed by atoms with E-state index in [1.54, 1.807) is 12.1 Å². The Morgan fingerprint density at radius 3 is 2.62 bits per heavy atom. The van der Waals surface area contributed by atoms with Crippen LogP contribution in [0, 0.1) is 0 Å². The number of aldehydes is 1. The van der Waals surface area contributed by atoms with E-state index >= 15 is 0 Å². The number of amides is 3. The van der Waals surface area contributed by atoms with Gasteiger partial charge < -0.3 is 15.7 Å². The van der Waals surface area contributed by atoms with Crippen LogP contribution in [0.2, 0.25) is 0 Å². The lowest BCUT2D eigenvalue weighted by Crippen LogP contribution is -2.52. The molecule has 156 valence electrons. The number of imide groups is 1. The van der Waals surface area contributed by atoms with Crippen molar-refractivity contribution in [2.24, 2.45) is 0 Å². The molecule has 1 aliphatic rings. The molecule has 9 heteroatoms. The number of carboxylic acids is 1. The number of unbranched alkanes of at least 4 members (excludes halogenated alkanes) is 3. The summed E-state index contributed by atoms with van der Waals surface area (Å²) < 4.78 is 0. The van der Waals surface area contributed by atoms with E-state index in [0.717, 1.165) is 19.3 Å². The predicted octanol–water partition coefficient (Wildman–Crippen LogP) is 1.48. The molecule has 0 saturated carbocycles. The minimum Gasteiger partial charge on any atom is -0.481 e. The standard InChI is InChI=1S/C20H25N3O6/c24-12-13-6-7-14(21-10-4-2-1-3-5-18(26)27)11-15(13)19(28)22-16-8-9-17(25)23-20(16)29/h6-7,11-12,16,21H,1-5,8-10H2,(H,22,28)(H,26,27)(H,23,25,29). The SMILES string of the molecule is O=Cc1ccc(NCCCCCCC(=O)O)cc1C(=O)NC1CCC(=O)NC1=O. The maximum atomic E-state index is 12.6. The number of anilines is 1. The summed E-state index contributed by atoms with van der Waals surface area (Å²) in [6.45, 7) is 0.641. The molecule has 0 aliphatic carbocycles. The van der Waals surface area contributed by atoms with Gasteiger partial charge in [0, 0.05) is 30.6 Å². The van der Waals surface area contributed by atoms with Crippen molar-refractivity contribution in [1.82, 2.24) is 10.6 Å². The normalized spacial score (nSPS) is 16.1. The summed E-state index contributed by atoms with van der Waals surface area (Å²) in [6.07, 6.45) is 4.31. The number of nitrogens with one attached hydrogen (secondary N) is 3. The molecule has 4 N–H and O–H groups in total. The quantitative estimate of drug-likeness (QED) is 0.249. The molecule has 1 aromatic rings. The van der Waals surface area contributed by atoms with Crippen LogP contribution in [0.4, 0.5) is 5.69 Å². The van der Waals surface area contributed by atoms with Gasteiger partial charge in [0.1, 0.15) is 6.04 Å². The molecule has 1 aliphatic heterocycles. The highest BCUT2D eigenvalue weighted by Gasteiger charge is 2.28. The van der Waals surface area contributed by atoms with E-state index in [4.69, 9.17) is 5.11 Å². The molecule has 1 heterocycles. The fourth-order valence-electron chi connectivity index (χ4n) is 3.02. The fraction of sp³-hybridized carbons (Fsp3) is 0.450. The maximum Gasteiger partial charge on any atom is 0.303 e. The molecule has 0 aromatic heterocycles. The highest BCUT2D eigenvalue weighted by molar-refractivity contribution is 6.06. The van der Waals surface area contributed by atoms with Crippen molar-refractivity contribution < 1.29 is 29.1 Å². The van der Waals surface area contributed by atoms with Gasteiger partial charge in [-0.3, -0.25) is 29.3 Å². The number of hydrogen-bond donors (Lipinski definition) is 4. The van der Waals surface area contributed by atoms with Crippen molar-refractivity contribution in [3.63, 3.8) is 0 Å². The molecule has 3 amide bonds. The average molecular weight is 403 g/mol. The van der Waals surface area contributed by atoms with Gasteiger partial charge in [0.2, 0.25) is 11.8 Å². The van der Waals surface area contributed by atoms with E-state index in [2.05, 4.69) is 16.0 Å². The Morgan fingerprint density at radius 1 is 1.17 bits per heavy atom. The van der Waals surface area contributed by atoms with E-state index in [9.17, 15) is 24.0 Å². The molecule has 9 nitrogen and oxygen atoms in total. The molecular formula is C20H25N3O6. The third-order valence-electron chi connectivity index (χ3n) is 4.62. The number of benzene rings is 1. The number of carboxylic acid groups (broad SMARTS) is 1. The lowest BCUT2D eigenvalue weighted by Gasteiger charge is -2.22. The van der Waals surface area contributed by atoms with Crippen molar-refractivity contribution in [3.8, 4) is 0 Å². The van der Waals surface area contributed by atoms with Gasteiger partial charge in [-0.15, -0.1) is 0 Å². The predicted molar refractivity (Wildman–Crippen MR) is 105 cm³/mol. The van der Waals surface area contributed by atoms with Gasteiger partial charge in [-0.2, -0.15) is 0 Å². The zero-order valence-electron chi connectivity index (χ0n) is 16.0. The summed E-state index contributed by atoms with van der Waals surface area (Å²) in [5.41, 5.74) is 1.01. The lowest BCUT2D eigenvalue weighted by molar-refractivity contribution is -0.137. The second-order valence-corrected chi connectivity index (χ2v) is 6.88. The van der Waals surface area contributed by atoms with Gasteiger partial charge in [-0.05, 0) is 37.5 Å². The fourth-order valence-corrected chi connectivity index (χ4v) is 3.02. The smallest absolute Gasteiger partial charge is 0.303 e. The van der Waals surface area contributed by atoms with Crippen molar-refractivity contribution in [1.29, 1.82) is 0 Å². The molecule has 0 spiro atoms. The molecule has 0 radical (unpaired) electrons. The minimum absolute atomic E-state index is 0.144. The Morgan fingerprint density at radius 2 is 1.93 bits per heavy atom. The van der Waals surface area contributed by atoms with E-state index in [1.807, 2.05) is 0 Å². The van der Waals surface area contributed by atoms with Crippen molar-refractivity contribution in [2.45, 2.75) is 51.0 Å². The zero-order valence-corrected chi connectivity index (χ0v) is 16.0. The van der Waals surface area contributed by atoms with Crippen LogP contribution in [0.15, 0.2) is 18.2 Å². The van der Waals surface area contributed by atoms with Crippen molar-refractivity contribution >= 4 is 35.7 Å². The molecule has 1 unspecified atom stereocenters. The molecule has 2 rings (SSSR count). The number of piperidine rings is 1. The highest BCUT2D eigenvalue weighted by Crippen LogP contribution is 2.16. The summed E-state index contributed by atoms with van der Waals surface area (Å²) >= 11 is 0. The van der Waals surface area contributed by atoms with Crippen LogP contribution in [0.1, 0.15) is 65.7 Å². The van der Waals surface area contributed by atoms with Crippen LogP contribution >= 0.6 is 0 Å². The summed E-state index contributed by atoms with van der Waals surface area (Å²) in [6, 6.07) is 3.95. The number of aliphatic carboxylic acids is 1. The first-order valence-electron chi connectivity index (χ1n) is 9.60. The summed E-state index contributed by atoms with van der Waals surface area (Å²) in [4.78, 5) is 57.3. The van der Waals surface area contributed by atoms with Crippen molar-refractivity contribution in [2.75, 3.05) is 11.9 Å². The van der Waals surface area contributed by atoms with Crippen LogP contribution in [0.3, 0.4) is 0 Å². The second-order valence-electron chi connectivity index (χ2n) is 6.88. The van der Waals surface area contributed by atoms with Crippen molar-refractivity contribution in [3.05, 3.63) is 29.3 Å². The van der Waals surface area contributed by atoms with Crippen LogP contribution in [-0.2, 0) is 14.4 Å². The Labute approximate surface area is 168 Å². The number of carbonyl (C=O) groups is 5. The van der Waals surface area contributed by atoms with E-state index < -0.39 is 23.8 Å². The topological polar surface area (TPSA) is 142 Å². The van der Waals surface area contributed by atoms with E-state index in [-0.39, 0.29) is 36.3 Å². The monoisotopic (exact) mass is 403 g/mol. The summed E-state index contributed by atoms with van der Waals surface area (Å²) in [5, 5.41) is 16.5. The van der Waals surface area contributed by atoms with E-state index in [0.29, 0.717) is 24.9 Å². The minimum atomic E-state index is -0.817. The molecule has 0 bridgehead atoms. The Balaban J connectivity index is 1.89. The Hall–Kier alpha value is -3.23. The van der Waals surface area contributed by atoms with Gasteiger partial charge in [0.25, 0.3) is 5.91 Å². The van der Waals surface area contributed by atoms with Gasteiger partial charge in [-0.25, -0.2) is 0 Å². The van der Waals surface area contributed by atoms with Gasteiger partial charge in [-0.1, -0.05) is 12.8 Å². The van der Waals surface area contributed by atoms with Crippen LogP contribution in [-0.4, -0.2) is 47.7 Å². The van der Waals surface area contributed by atoms with Crippen LogP contribution in [0.5, 0.6) is 0 Å². The van der Waals surface area contributed by atoms with Gasteiger partial charge >= 0.3 is 5.97 Å². The van der Waals surface area contributed by atoms with Crippen LogP contribution in [0.25, 0.3) is 0 Å². The molecule has 1 aromatic carbocycles. The average Bonchev–Trinajstić information content (AvgIpc) is 2.69. The molecule has 1 saturated heterocycles. The van der Waals surface area contributed by atoms with Gasteiger partial charge in [0.15, 0.2) is 6.29 Å². The summed E-state index contributed by atoms with van der Waals surface area (Å²) in [5.74, 6) is -2.27. The Bertz CT molecular complexity index is 792. The second kappa shape index (κ2) is 10.9. The van der Waals surface area contributed by atoms with Gasteiger partial charge in [0.05, 0.1) is 5.56 Å². The largest absolute Gasteiger partial charge is 0.481 e. The molecule has 1 atom stereocenters. The first-order valence-corrected chi connectivity index (χ1v) is 9.60. The third kappa shape index (κ3) is 7.02. The number of rotatable bonds is 11. The molecule has 1 fully saturated rings. The zero-order chi connectivity index (χ0) is 21.2. The molecular weight excluding hydrogens is 378 g/mol.